The van der Waals surface area contributed by atoms with Gasteiger partial charge in [-0.15, -0.1) is 0 Å². The number of benzene rings is 2. The fourth-order valence-corrected chi connectivity index (χ4v) is 3.22. The SMILES string of the molecule is CN(C)C(=O)CCNC(=N)Nc1cc(C(C)(C)c2ccc(-c3ccccc3F)cc2)no1. The number of carbonyl (C=O) groups is 1. The van der Waals surface area contributed by atoms with Gasteiger partial charge < -0.3 is 14.7 Å². The molecule has 0 fully saturated rings. The van der Waals surface area contributed by atoms with Crippen LogP contribution in [0.1, 0.15) is 31.5 Å². The Bertz CT molecular complexity index is 1090. The van der Waals surface area contributed by atoms with E-state index < -0.39 is 5.41 Å². The number of amides is 1. The van der Waals surface area contributed by atoms with Crippen molar-refractivity contribution < 1.29 is 13.7 Å². The molecule has 3 N–H and O–H groups in total. The average molecular weight is 438 g/mol. The predicted molar refractivity (Wildman–Crippen MR) is 123 cm³/mol. The number of halogens is 1. The van der Waals surface area contributed by atoms with Crippen LogP contribution >= 0.6 is 0 Å². The third-order valence-electron chi connectivity index (χ3n) is 5.33. The maximum Gasteiger partial charge on any atom is 0.231 e. The normalized spacial score (nSPS) is 11.2. The molecule has 0 aliphatic carbocycles. The third kappa shape index (κ3) is 5.32. The van der Waals surface area contributed by atoms with Crippen LogP contribution in [0.3, 0.4) is 0 Å². The van der Waals surface area contributed by atoms with Gasteiger partial charge in [-0.1, -0.05) is 61.5 Å². The zero-order valence-corrected chi connectivity index (χ0v) is 18.7. The lowest BCUT2D eigenvalue weighted by atomic mass is 9.81. The molecule has 1 aromatic heterocycles. The van der Waals surface area contributed by atoms with E-state index in [2.05, 4.69) is 15.8 Å². The Balaban J connectivity index is 1.65. The van der Waals surface area contributed by atoms with Gasteiger partial charge in [0.15, 0.2) is 5.96 Å². The summed E-state index contributed by atoms with van der Waals surface area (Å²) in [6.45, 7) is 4.37. The number of nitrogens with zero attached hydrogens (tertiary/aromatic N) is 2. The molecule has 3 aromatic rings. The molecule has 32 heavy (non-hydrogen) atoms. The van der Waals surface area contributed by atoms with Gasteiger partial charge in [-0.05, 0) is 17.2 Å². The summed E-state index contributed by atoms with van der Waals surface area (Å²) in [5.74, 6) is 0.0719. The first kappa shape index (κ1) is 23.0. The Hall–Kier alpha value is -3.68. The van der Waals surface area contributed by atoms with Crippen molar-refractivity contribution in [3.8, 4) is 11.1 Å². The molecule has 0 radical (unpaired) electrons. The highest BCUT2D eigenvalue weighted by Gasteiger charge is 2.27. The molecule has 0 aliphatic rings. The van der Waals surface area contributed by atoms with E-state index in [1.165, 1.54) is 11.0 Å². The van der Waals surface area contributed by atoms with E-state index in [1.54, 1.807) is 32.3 Å². The van der Waals surface area contributed by atoms with Crippen LogP contribution in [0.25, 0.3) is 11.1 Å². The molecule has 8 heteroatoms. The lowest BCUT2D eigenvalue weighted by molar-refractivity contribution is -0.128. The van der Waals surface area contributed by atoms with Gasteiger partial charge in [-0.3, -0.25) is 15.5 Å². The van der Waals surface area contributed by atoms with E-state index in [9.17, 15) is 9.18 Å². The van der Waals surface area contributed by atoms with Crippen LogP contribution in [0.5, 0.6) is 0 Å². The first-order valence-electron chi connectivity index (χ1n) is 10.3. The largest absolute Gasteiger partial charge is 0.356 e. The molecule has 0 bridgehead atoms. The second-order valence-corrected chi connectivity index (χ2v) is 8.22. The van der Waals surface area contributed by atoms with E-state index in [0.29, 0.717) is 23.7 Å². The smallest absolute Gasteiger partial charge is 0.231 e. The second kappa shape index (κ2) is 9.64. The summed E-state index contributed by atoms with van der Waals surface area (Å²) in [5, 5.41) is 17.8. The lowest BCUT2D eigenvalue weighted by Crippen LogP contribution is -2.33. The van der Waals surface area contributed by atoms with Gasteiger partial charge in [0, 0.05) is 44.1 Å². The lowest BCUT2D eigenvalue weighted by Gasteiger charge is -2.22. The van der Waals surface area contributed by atoms with Gasteiger partial charge in [-0.2, -0.15) is 0 Å². The molecule has 168 valence electrons. The van der Waals surface area contributed by atoms with E-state index in [0.717, 1.165) is 11.1 Å². The van der Waals surface area contributed by atoms with Crippen molar-refractivity contribution in [2.24, 2.45) is 0 Å². The van der Waals surface area contributed by atoms with Crippen LogP contribution in [0.2, 0.25) is 0 Å². The Morgan fingerprint density at radius 1 is 1.16 bits per heavy atom. The van der Waals surface area contributed by atoms with Gasteiger partial charge in [-0.25, -0.2) is 4.39 Å². The number of guanidine groups is 1. The van der Waals surface area contributed by atoms with Crippen LogP contribution in [-0.2, 0) is 10.2 Å². The molecule has 0 aliphatic heterocycles. The zero-order valence-electron chi connectivity index (χ0n) is 18.7. The summed E-state index contributed by atoms with van der Waals surface area (Å²) in [6, 6.07) is 16.1. The molecular weight excluding hydrogens is 409 g/mol. The molecule has 1 amide bonds. The summed E-state index contributed by atoms with van der Waals surface area (Å²) in [6.07, 6.45) is 0.286. The number of nitrogens with one attached hydrogen (secondary N) is 3. The first-order chi connectivity index (χ1) is 15.2. The Morgan fingerprint density at radius 2 is 1.84 bits per heavy atom. The Morgan fingerprint density at radius 3 is 2.50 bits per heavy atom. The predicted octanol–water partition coefficient (Wildman–Crippen LogP) is 4.22. The van der Waals surface area contributed by atoms with Crippen LogP contribution in [0, 0.1) is 11.2 Å². The van der Waals surface area contributed by atoms with Gasteiger partial charge >= 0.3 is 0 Å². The number of hydrogen-bond donors (Lipinski definition) is 3. The number of aromatic nitrogens is 1. The average Bonchev–Trinajstić information content (AvgIpc) is 3.23. The maximum absolute atomic E-state index is 14.1. The zero-order chi connectivity index (χ0) is 23.3. The van der Waals surface area contributed by atoms with Crippen molar-refractivity contribution >= 4 is 17.8 Å². The summed E-state index contributed by atoms with van der Waals surface area (Å²) in [5.41, 5.74) is 2.58. The Labute approximate surface area is 187 Å². The number of carbonyl (C=O) groups excluding carboxylic acids is 1. The minimum absolute atomic E-state index is 0.0185. The highest BCUT2D eigenvalue weighted by atomic mass is 19.1. The van der Waals surface area contributed by atoms with Crippen molar-refractivity contribution in [1.29, 1.82) is 5.41 Å². The first-order valence-corrected chi connectivity index (χ1v) is 10.3. The fraction of sp³-hybridized carbons (Fsp3) is 0.292. The molecule has 0 saturated heterocycles. The number of anilines is 1. The van der Waals surface area contributed by atoms with Crippen molar-refractivity contribution in [3.05, 3.63) is 71.7 Å². The van der Waals surface area contributed by atoms with Crippen LogP contribution in [0.4, 0.5) is 10.3 Å². The molecule has 0 spiro atoms. The van der Waals surface area contributed by atoms with Crippen molar-refractivity contribution in [2.75, 3.05) is 26.0 Å². The van der Waals surface area contributed by atoms with E-state index in [4.69, 9.17) is 9.93 Å². The highest BCUT2D eigenvalue weighted by molar-refractivity contribution is 5.90. The van der Waals surface area contributed by atoms with Crippen molar-refractivity contribution in [3.63, 3.8) is 0 Å². The standard InChI is InChI=1S/C24H28FN5O2/c1-24(2,17-11-9-16(10-12-17)18-7-5-6-8-19(18)25)20-15-21(32-29-20)28-23(26)27-14-13-22(31)30(3)4/h5-12,15H,13-14H2,1-4H3,(H3,26,27,28). The third-order valence-corrected chi connectivity index (χ3v) is 5.33. The highest BCUT2D eigenvalue weighted by Crippen LogP contribution is 2.33. The van der Waals surface area contributed by atoms with E-state index in [-0.39, 0.29) is 24.1 Å². The van der Waals surface area contributed by atoms with Crippen LogP contribution in [0.15, 0.2) is 59.1 Å². The molecule has 7 nitrogen and oxygen atoms in total. The Kier molecular flexibility index (Phi) is 6.92. The monoisotopic (exact) mass is 437 g/mol. The van der Waals surface area contributed by atoms with Gasteiger partial charge in [0.25, 0.3) is 0 Å². The fourth-order valence-electron chi connectivity index (χ4n) is 3.22. The van der Waals surface area contributed by atoms with Crippen molar-refractivity contribution in [1.82, 2.24) is 15.4 Å². The molecule has 0 atom stereocenters. The van der Waals surface area contributed by atoms with E-state index in [1.807, 2.05) is 44.2 Å². The van der Waals surface area contributed by atoms with Gasteiger partial charge in [0.2, 0.25) is 11.8 Å². The van der Waals surface area contributed by atoms with Crippen LogP contribution in [-0.4, -0.2) is 42.6 Å². The second-order valence-electron chi connectivity index (χ2n) is 8.22. The molecule has 3 rings (SSSR count). The summed E-state index contributed by atoms with van der Waals surface area (Å²) >= 11 is 0. The summed E-state index contributed by atoms with van der Waals surface area (Å²) in [4.78, 5) is 13.1. The quantitative estimate of drug-likeness (QED) is 0.380. The van der Waals surface area contributed by atoms with Crippen molar-refractivity contribution in [2.45, 2.75) is 25.7 Å². The minimum Gasteiger partial charge on any atom is -0.356 e. The van der Waals surface area contributed by atoms with Gasteiger partial charge in [0.1, 0.15) is 5.82 Å². The summed E-state index contributed by atoms with van der Waals surface area (Å²) in [7, 11) is 3.38. The van der Waals surface area contributed by atoms with Crippen LogP contribution < -0.4 is 10.6 Å². The molecule has 0 unspecified atom stereocenters. The molecule has 1 heterocycles. The maximum atomic E-state index is 14.1. The topological polar surface area (TPSA) is 94.2 Å². The number of hydrogen-bond acceptors (Lipinski definition) is 4. The minimum atomic E-state index is -0.467. The summed E-state index contributed by atoms with van der Waals surface area (Å²) < 4.78 is 19.4. The molecule has 2 aromatic carbocycles. The number of rotatable bonds is 7. The molecule has 0 saturated carbocycles. The van der Waals surface area contributed by atoms with E-state index >= 15 is 0 Å². The van der Waals surface area contributed by atoms with Gasteiger partial charge in [0.05, 0.1) is 5.69 Å². The molecular formula is C24H28FN5O2.